The molecule has 2 aliphatic carbocycles. The molecule has 0 heterocycles. The number of carbonyl (C=O) groups is 2. The summed E-state index contributed by atoms with van der Waals surface area (Å²) >= 11 is 0. The molecule has 3 rings (SSSR count). The van der Waals surface area contributed by atoms with Crippen LogP contribution in [0, 0.1) is 5.92 Å². The van der Waals surface area contributed by atoms with Gasteiger partial charge in [0.2, 0.25) is 0 Å². The summed E-state index contributed by atoms with van der Waals surface area (Å²) in [5.41, 5.74) is 1.59. The lowest BCUT2D eigenvalue weighted by Gasteiger charge is -2.17. The average Bonchev–Trinajstić information content (AvgIpc) is 3.20. The van der Waals surface area contributed by atoms with E-state index in [4.69, 9.17) is 9.47 Å². The van der Waals surface area contributed by atoms with Gasteiger partial charge in [-0.2, -0.15) is 0 Å². The first-order chi connectivity index (χ1) is 9.70. The van der Waals surface area contributed by atoms with Crippen molar-refractivity contribution in [2.45, 2.75) is 38.7 Å². The smallest absolute Gasteiger partial charge is 0.317 e. The lowest BCUT2D eigenvalue weighted by molar-refractivity contribution is -0.136. The van der Waals surface area contributed by atoms with Gasteiger partial charge in [-0.25, -0.2) is 0 Å². The second-order valence-corrected chi connectivity index (χ2v) is 5.32. The van der Waals surface area contributed by atoms with Crippen LogP contribution in [0.15, 0.2) is 18.2 Å². The first kappa shape index (κ1) is 13.3. The maximum Gasteiger partial charge on any atom is 0.317 e. The van der Waals surface area contributed by atoms with Crippen LogP contribution in [0.4, 0.5) is 0 Å². The molecule has 2 atom stereocenters. The quantitative estimate of drug-likeness (QED) is 0.625. The minimum absolute atomic E-state index is 0.00803. The molecule has 0 aliphatic heterocycles. The molecule has 0 amide bonds. The predicted molar refractivity (Wildman–Crippen MR) is 72.9 cm³/mol. The van der Waals surface area contributed by atoms with Gasteiger partial charge < -0.3 is 9.47 Å². The van der Waals surface area contributed by atoms with Crippen LogP contribution >= 0.6 is 0 Å². The molecule has 1 fully saturated rings. The Morgan fingerprint density at radius 1 is 1.35 bits per heavy atom. The summed E-state index contributed by atoms with van der Waals surface area (Å²) in [5, 5.41) is 0. The van der Waals surface area contributed by atoms with E-state index in [2.05, 4.69) is 0 Å². The van der Waals surface area contributed by atoms with Gasteiger partial charge in [-0.3, -0.25) is 9.59 Å². The van der Waals surface area contributed by atoms with Crippen molar-refractivity contribution in [3.8, 4) is 5.75 Å². The third-order valence-electron chi connectivity index (χ3n) is 3.89. The van der Waals surface area contributed by atoms with Gasteiger partial charge in [-0.1, -0.05) is 12.1 Å². The van der Waals surface area contributed by atoms with E-state index in [1.807, 2.05) is 13.0 Å². The molecule has 20 heavy (non-hydrogen) atoms. The maximum atomic E-state index is 12.0. The summed E-state index contributed by atoms with van der Waals surface area (Å²) < 4.78 is 10.9. The van der Waals surface area contributed by atoms with Crippen LogP contribution in [-0.2, 0) is 16.0 Å². The summed E-state index contributed by atoms with van der Waals surface area (Å²) in [5.74, 6) is 0.297. The van der Waals surface area contributed by atoms with Gasteiger partial charge in [0.05, 0.1) is 12.0 Å². The molecule has 4 heteroatoms. The second kappa shape index (κ2) is 5.37. The lowest BCUT2D eigenvalue weighted by atomic mass is 9.90. The first-order valence-electron chi connectivity index (χ1n) is 7.19. The van der Waals surface area contributed by atoms with E-state index in [-0.39, 0.29) is 23.8 Å². The van der Waals surface area contributed by atoms with Crippen LogP contribution in [0.25, 0.3) is 0 Å². The number of benzene rings is 1. The molecule has 0 bridgehead atoms. The lowest BCUT2D eigenvalue weighted by Crippen LogP contribution is -2.17. The van der Waals surface area contributed by atoms with Gasteiger partial charge in [0, 0.05) is 24.2 Å². The van der Waals surface area contributed by atoms with E-state index >= 15 is 0 Å². The summed E-state index contributed by atoms with van der Waals surface area (Å²) in [7, 11) is 0. The van der Waals surface area contributed by atoms with E-state index in [0.717, 1.165) is 24.8 Å². The number of fused-ring (bicyclic) bond motifs is 1. The van der Waals surface area contributed by atoms with Crippen LogP contribution in [0.1, 0.15) is 42.1 Å². The SMILES string of the molecule is CCO[C@@H]1C[C@@H]1C(=O)Oc1cccc2c1CCCC2=O. The summed E-state index contributed by atoms with van der Waals surface area (Å²) in [6.07, 6.45) is 2.95. The highest BCUT2D eigenvalue weighted by atomic mass is 16.5. The number of ether oxygens (including phenoxy) is 2. The number of rotatable bonds is 4. The van der Waals surface area contributed by atoms with Crippen molar-refractivity contribution in [2.24, 2.45) is 5.92 Å². The van der Waals surface area contributed by atoms with Crippen molar-refractivity contribution in [3.05, 3.63) is 29.3 Å². The van der Waals surface area contributed by atoms with Crippen molar-refractivity contribution < 1.29 is 19.1 Å². The molecule has 1 aromatic rings. The Labute approximate surface area is 118 Å². The Hall–Kier alpha value is -1.68. The third kappa shape index (κ3) is 2.48. The Kier molecular flexibility index (Phi) is 3.57. The fourth-order valence-electron chi connectivity index (χ4n) is 2.74. The number of esters is 1. The minimum Gasteiger partial charge on any atom is -0.426 e. The highest BCUT2D eigenvalue weighted by Gasteiger charge is 2.45. The second-order valence-electron chi connectivity index (χ2n) is 5.32. The number of ketones is 1. The Balaban J connectivity index is 1.74. The van der Waals surface area contributed by atoms with Crippen LogP contribution in [0.5, 0.6) is 5.75 Å². The predicted octanol–water partition coefficient (Wildman–Crippen LogP) is 2.54. The van der Waals surface area contributed by atoms with Crippen molar-refractivity contribution in [1.29, 1.82) is 0 Å². The van der Waals surface area contributed by atoms with Crippen LogP contribution < -0.4 is 4.74 Å². The molecule has 0 N–H and O–H groups in total. The molecule has 4 nitrogen and oxygen atoms in total. The molecule has 0 unspecified atom stereocenters. The first-order valence-corrected chi connectivity index (χ1v) is 7.19. The fourth-order valence-corrected chi connectivity index (χ4v) is 2.74. The van der Waals surface area contributed by atoms with Crippen molar-refractivity contribution in [1.82, 2.24) is 0 Å². The largest absolute Gasteiger partial charge is 0.426 e. The Morgan fingerprint density at radius 3 is 3.00 bits per heavy atom. The zero-order valence-electron chi connectivity index (χ0n) is 11.6. The van der Waals surface area contributed by atoms with Crippen LogP contribution in [0.3, 0.4) is 0 Å². The molecule has 1 aromatic carbocycles. The van der Waals surface area contributed by atoms with Gasteiger partial charge >= 0.3 is 5.97 Å². The number of hydrogen-bond acceptors (Lipinski definition) is 4. The van der Waals surface area contributed by atoms with Crippen molar-refractivity contribution in [3.63, 3.8) is 0 Å². The number of carbonyl (C=O) groups excluding carboxylic acids is 2. The molecule has 1 saturated carbocycles. The van der Waals surface area contributed by atoms with E-state index < -0.39 is 0 Å². The standard InChI is InChI=1S/C16H18O4/c1-2-19-15-9-12(15)16(18)20-14-8-4-5-10-11(14)6-3-7-13(10)17/h4-5,8,12,15H,2-3,6-7,9H2,1H3/t12-,15+/m0/s1. The van der Waals surface area contributed by atoms with Gasteiger partial charge in [-0.15, -0.1) is 0 Å². The zero-order valence-corrected chi connectivity index (χ0v) is 11.6. The van der Waals surface area contributed by atoms with Gasteiger partial charge in [-0.05, 0) is 32.3 Å². The molecule has 2 aliphatic rings. The monoisotopic (exact) mass is 274 g/mol. The zero-order chi connectivity index (χ0) is 14.1. The van der Waals surface area contributed by atoms with Crippen LogP contribution in [0.2, 0.25) is 0 Å². The number of Topliss-reactive ketones (excluding diaryl/α,β-unsaturated/α-hetero) is 1. The summed E-state index contributed by atoms with van der Waals surface area (Å²) in [4.78, 5) is 23.9. The summed E-state index contributed by atoms with van der Waals surface area (Å²) in [6, 6.07) is 5.36. The number of hydrogen-bond donors (Lipinski definition) is 0. The third-order valence-corrected chi connectivity index (χ3v) is 3.89. The van der Waals surface area contributed by atoms with Crippen LogP contribution in [-0.4, -0.2) is 24.5 Å². The maximum absolute atomic E-state index is 12.0. The summed E-state index contributed by atoms with van der Waals surface area (Å²) in [6.45, 7) is 2.53. The molecule has 106 valence electrons. The van der Waals surface area contributed by atoms with Gasteiger partial charge in [0.25, 0.3) is 0 Å². The molecular weight excluding hydrogens is 256 g/mol. The Bertz CT molecular complexity index is 549. The molecular formula is C16H18O4. The van der Waals surface area contributed by atoms with E-state index in [9.17, 15) is 9.59 Å². The van der Waals surface area contributed by atoms with E-state index in [0.29, 0.717) is 24.3 Å². The van der Waals surface area contributed by atoms with Crippen molar-refractivity contribution in [2.75, 3.05) is 6.61 Å². The molecule has 0 spiro atoms. The highest BCUT2D eigenvalue weighted by Crippen LogP contribution is 2.36. The van der Waals surface area contributed by atoms with Gasteiger partial charge in [0.1, 0.15) is 5.75 Å². The van der Waals surface area contributed by atoms with Crippen molar-refractivity contribution >= 4 is 11.8 Å². The molecule has 0 saturated heterocycles. The topological polar surface area (TPSA) is 52.6 Å². The molecule has 0 aromatic heterocycles. The van der Waals surface area contributed by atoms with E-state index in [1.54, 1.807) is 12.1 Å². The molecule has 0 radical (unpaired) electrons. The minimum atomic E-state index is -0.241. The Morgan fingerprint density at radius 2 is 2.20 bits per heavy atom. The van der Waals surface area contributed by atoms with Gasteiger partial charge in [0.15, 0.2) is 5.78 Å². The van der Waals surface area contributed by atoms with E-state index in [1.165, 1.54) is 0 Å². The normalized spacial score (nSPS) is 24.1. The fraction of sp³-hybridized carbons (Fsp3) is 0.500. The highest BCUT2D eigenvalue weighted by molar-refractivity contribution is 5.99. The average molecular weight is 274 g/mol.